The molecule has 1 N–H and O–H groups in total. The Balaban J connectivity index is 2.09. The van der Waals surface area contributed by atoms with E-state index in [9.17, 15) is 0 Å². The molecule has 4 heteroatoms. The Morgan fingerprint density at radius 1 is 1.24 bits per heavy atom. The minimum Gasteiger partial charge on any atom is -0.312 e. The molecule has 3 nitrogen and oxygen atoms in total. The fourth-order valence-electron chi connectivity index (χ4n) is 1.98. The first-order chi connectivity index (χ1) is 8.33. The molecule has 0 radical (unpaired) electrons. The maximum Gasteiger partial charge on any atom is 0.0905 e. The summed E-state index contributed by atoms with van der Waals surface area (Å²) < 4.78 is 1.03. The van der Waals surface area contributed by atoms with Crippen LogP contribution in [0.15, 0.2) is 34.9 Å². The van der Waals surface area contributed by atoms with Crippen LogP contribution >= 0.6 is 15.9 Å². The third kappa shape index (κ3) is 2.23. The predicted octanol–water partition coefficient (Wildman–Crippen LogP) is 2.77. The Bertz CT molecular complexity index is 592. The van der Waals surface area contributed by atoms with E-state index in [1.165, 1.54) is 5.57 Å². The monoisotopic (exact) mass is 289 g/mol. The Labute approximate surface area is 108 Å². The summed E-state index contributed by atoms with van der Waals surface area (Å²) in [6, 6.07) is 5.96. The van der Waals surface area contributed by atoms with Crippen molar-refractivity contribution >= 4 is 32.5 Å². The van der Waals surface area contributed by atoms with Gasteiger partial charge < -0.3 is 5.32 Å². The van der Waals surface area contributed by atoms with Crippen LogP contribution in [0.3, 0.4) is 0 Å². The quantitative estimate of drug-likeness (QED) is 0.877. The van der Waals surface area contributed by atoms with Crippen molar-refractivity contribution < 1.29 is 0 Å². The summed E-state index contributed by atoms with van der Waals surface area (Å²) in [6.45, 7) is 1.93. The highest BCUT2D eigenvalue weighted by atomic mass is 79.9. The number of hydrogen-bond donors (Lipinski definition) is 1. The molecule has 0 aliphatic carbocycles. The summed E-state index contributed by atoms with van der Waals surface area (Å²) in [5.74, 6) is 0. The molecular weight excluding hydrogens is 278 g/mol. The van der Waals surface area contributed by atoms with E-state index in [4.69, 9.17) is 0 Å². The van der Waals surface area contributed by atoms with Crippen molar-refractivity contribution in [1.82, 2.24) is 15.3 Å². The van der Waals surface area contributed by atoms with E-state index < -0.39 is 0 Å². The predicted molar refractivity (Wildman–Crippen MR) is 72.7 cm³/mol. The van der Waals surface area contributed by atoms with Crippen LogP contribution in [0.4, 0.5) is 0 Å². The van der Waals surface area contributed by atoms with E-state index in [1.54, 1.807) is 0 Å². The summed E-state index contributed by atoms with van der Waals surface area (Å²) in [7, 11) is 0. The van der Waals surface area contributed by atoms with Crippen LogP contribution < -0.4 is 5.32 Å². The van der Waals surface area contributed by atoms with Crippen LogP contribution in [0.25, 0.3) is 16.6 Å². The van der Waals surface area contributed by atoms with Gasteiger partial charge in [0.05, 0.1) is 22.9 Å². The molecule has 0 unspecified atom stereocenters. The van der Waals surface area contributed by atoms with Crippen LogP contribution in [0.1, 0.15) is 12.1 Å². The molecule has 2 aromatic rings. The van der Waals surface area contributed by atoms with Gasteiger partial charge in [-0.2, -0.15) is 0 Å². The average Bonchev–Trinajstić information content (AvgIpc) is 2.39. The van der Waals surface area contributed by atoms with E-state index in [0.29, 0.717) is 0 Å². The first-order valence-electron chi connectivity index (χ1n) is 5.65. The molecule has 0 amide bonds. The number of fused-ring (bicyclic) bond motifs is 1. The van der Waals surface area contributed by atoms with Gasteiger partial charge in [0.25, 0.3) is 0 Å². The van der Waals surface area contributed by atoms with Gasteiger partial charge in [0.2, 0.25) is 0 Å². The van der Waals surface area contributed by atoms with E-state index >= 15 is 0 Å². The van der Waals surface area contributed by atoms with E-state index in [2.05, 4.69) is 37.3 Å². The van der Waals surface area contributed by atoms with E-state index in [-0.39, 0.29) is 0 Å². The Hall–Kier alpha value is -1.26. The zero-order valence-electron chi connectivity index (χ0n) is 9.28. The molecule has 1 aromatic heterocycles. The van der Waals surface area contributed by atoms with Crippen LogP contribution in [0, 0.1) is 0 Å². The number of halogens is 1. The van der Waals surface area contributed by atoms with Crippen LogP contribution in [0.5, 0.6) is 0 Å². The summed E-state index contributed by atoms with van der Waals surface area (Å²) in [4.78, 5) is 9.10. The van der Waals surface area contributed by atoms with Crippen molar-refractivity contribution in [2.45, 2.75) is 6.42 Å². The molecule has 3 rings (SSSR count). The van der Waals surface area contributed by atoms with Crippen molar-refractivity contribution in [2.75, 3.05) is 13.1 Å². The Morgan fingerprint density at radius 2 is 2.18 bits per heavy atom. The molecule has 17 heavy (non-hydrogen) atoms. The lowest BCUT2D eigenvalue weighted by Gasteiger charge is -2.13. The highest BCUT2D eigenvalue weighted by Crippen LogP contribution is 2.20. The van der Waals surface area contributed by atoms with Gasteiger partial charge in [0.15, 0.2) is 0 Å². The molecule has 1 aliphatic heterocycles. The lowest BCUT2D eigenvalue weighted by molar-refractivity contribution is 0.737. The van der Waals surface area contributed by atoms with E-state index in [0.717, 1.165) is 40.7 Å². The molecule has 86 valence electrons. The van der Waals surface area contributed by atoms with Crippen molar-refractivity contribution in [2.24, 2.45) is 0 Å². The van der Waals surface area contributed by atoms with Gasteiger partial charge in [-0.25, -0.2) is 4.98 Å². The zero-order valence-corrected chi connectivity index (χ0v) is 10.9. The normalized spacial score (nSPS) is 15.9. The topological polar surface area (TPSA) is 37.8 Å². The summed E-state index contributed by atoms with van der Waals surface area (Å²) in [5.41, 5.74) is 4.08. The second kappa shape index (κ2) is 4.55. The second-order valence-corrected chi connectivity index (χ2v) is 5.00. The molecular formula is C13H12BrN3. The van der Waals surface area contributed by atoms with Gasteiger partial charge in [-0.05, 0) is 36.7 Å². The molecule has 1 aliphatic rings. The van der Waals surface area contributed by atoms with Gasteiger partial charge in [-0.1, -0.05) is 22.0 Å². The Morgan fingerprint density at radius 3 is 3.00 bits per heavy atom. The standard InChI is InChI=1S/C13H12BrN3/c14-10-3-4-11-12(6-10)17-13(8-16-11)9-2-1-5-15-7-9/h2-4,6,8,15H,1,5,7H2. The maximum absolute atomic E-state index is 4.66. The van der Waals surface area contributed by atoms with Gasteiger partial charge in [-0.15, -0.1) is 0 Å². The molecule has 1 aromatic carbocycles. The maximum atomic E-state index is 4.66. The van der Waals surface area contributed by atoms with Crippen molar-refractivity contribution in [1.29, 1.82) is 0 Å². The first kappa shape index (κ1) is 10.9. The van der Waals surface area contributed by atoms with Gasteiger partial charge in [-0.3, -0.25) is 4.98 Å². The van der Waals surface area contributed by atoms with Crippen LogP contribution in [-0.4, -0.2) is 23.1 Å². The SMILES string of the molecule is Brc1ccc2ncc(C3=CCCNC3)nc2c1. The number of hydrogen-bond acceptors (Lipinski definition) is 3. The fraction of sp³-hybridized carbons (Fsp3) is 0.231. The van der Waals surface area contributed by atoms with Crippen molar-refractivity contribution in [3.05, 3.63) is 40.6 Å². The third-order valence-electron chi connectivity index (χ3n) is 2.86. The zero-order chi connectivity index (χ0) is 11.7. The molecule has 0 saturated heterocycles. The molecule has 0 bridgehead atoms. The van der Waals surface area contributed by atoms with Gasteiger partial charge >= 0.3 is 0 Å². The second-order valence-electron chi connectivity index (χ2n) is 4.08. The van der Waals surface area contributed by atoms with Gasteiger partial charge in [0, 0.05) is 11.0 Å². The highest BCUT2D eigenvalue weighted by Gasteiger charge is 2.08. The third-order valence-corrected chi connectivity index (χ3v) is 3.35. The van der Waals surface area contributed by atoms with Crippen molar-refractivity contribution in [3.63, 3.8) is 0 Å². The number of benzene rings is 1. The lowest BCUT2D eigenvalue weighted by Crippen LogP contribution is -2.21. The Kier molecular flexibility index (Phi) is 2.91. The molecule has 0 spiro atoms. The highest BCUT2D eigenvalue weighted by molar-refractivity contribution is 9.10. The molecule has 0 atom stereocenters. The minimum absolute atomic E-state index is 0.883. The number of nitrogens with one attached hydrogen (secondary N) is 1. The van der Waals surface area contributed by atoms with Crippen LogP contribution in [0.2, 0.25) is 0 Å². The molecule has 0 fully saturated rings. The largest absolute Gasteiger partial charge is 0.312 e. The molecule has 0 saturated carbocycles. The van der Waals surface area contributed by atoms with Gasteiger partial charge in [0.1, 0.15) is 0 Å². The average molecular weight is 290 g/mol. The van der Waals surface area contributed by atoms with Crippen LogP contribution in [-0.2, 0) is 0 Å². The summed E-state index contributed by atoms with van der Waals surface area (Å²) in [5, 5.41) is 3.35. The molecule has 2 heterocycles. The fourth-order valence-corrected chi connectivity index (χ4v) is 2.33. The smallest absolute Gasteiger partial charge is 0.0905 e. The van der Waals surface area contributed by atoms with Crippen molar-refractivity contribution in [3.8, 4) is 0 Å². The minimum atomic E-state index is 0.883. The first-order valence-corrected chi connectivity index (χ1v) is 6.45. The van der Waals surface area contributed by atoms with E-state index in [1.807, 2.05) is 24.4 Å². The number of nitrogens with zero attached hydrogens (tertiary/aromatic N) is 2. The number of aromatic nitrogens is 2. The summed E-state index contributed by atoms with van der Waals surface area (Å²) in [6.07, 6.45) is 5.16. The summed E-state index contributed by atoms with van der Waals surface area (Å²) >= 11 is 3.46. The lowest BCUT2D eigenvalue weighted by atomic mass is 10.1. The number of rotatable bonds is 1.